The zero-order chi connectivity index (χ0) is 34.9. The maximum Gasteiger partial charge on any atom is 0.217 e. The molecule has 4 aliphatic heterocycles. The molecule has 4 rings (SSSR count). The minimum atomic E-state index is -1.94. The number of carbonyl (C=O) groups excluding carboxylic acids is 1. The average Bonchev–Trinajstić information content (AvgIpc) is 3.03. The number of ether oxygens (including phenoxy) is 7. The fourth-order valence-electron chi connectivity index (χ4n) is 5.86. The lowest BCUT2D eigenvalue weighted by Gasteiger charge is -2.50. The van der Waals surface area contributed by atoms with Crippen LogP contribution in [0.15, 0.2) is 0 Å². The first kappa shape index (κ1) is 38.5. The zero-order valence-electron chi connectivity index (χ0n) is 25.3. The predicted octanol–water partition coefficient (Wildman–Crippen LogP) is -8.58. The molecule has 0 radical (unpaired) electrons. The summed E-state index contributed by atoms with van der Waals surface area (Å²) in [5.41, 5.74) is 0. The SMILES string of the molecule is CC(=O)N[C@H]1[C@H](O[C@@H]2[C@@H](O)[C@@H](O)O[C@H](CO)[C@@H]2O)O[C@H](CO)[C@@H](O)[C@@H]1O[C@@H]1O[C@H](CO)[C@H](O)[C@H](O)[C@H]1O[C@@H]1O[C@@H](C)[C@@H](O)[C@@H](O)[C@@H]1O. The number of nitrogens with one attached hydrogen (secondary N) is 1. The second-order valence-corrected chi connectivity index (χ2v) is 11.9. The Labute approximate surface area is 267 Å². The van der Waals surface area contributed by atoms with Crippen molar-refractivity contribution in [3.05, 3.63) is 0 Å². The minimum absolute atomic E-state index is 0.752. The van der Waals surface area contributed by atoms with Gasteiger partial charge in [-0.2, -0.15) is 0 Å². The standard InChI is InChI=1S/C26H45NO20/c1-6-12(32)16(36)18(38)25(41-6)47-22-17(37)13(33)8(3-28)44-26(22)45-20-11(27-7(2)31)24(43-10(5-30)14(20)34)46-21-15(35)9(4-29)42-23(40)19(21)39/h6,8-26,28-30,32-40H,3-5H2,1-2H3,(H,27,31)/t6-,8+,9+,10+,11+,12+,13-,14+,15-,16+,17-,18-,19+,20+,21-,22+,23-,24-,25-,26-/m0/s1. The summed E-state index contributed by atoms with van der Waals surface area (Å²) in [6.07, 6.45) is -32.6. The van der Waals surface area contributed by atoms with Crippen LogP contribution in [0, 0.1) is 0 Å². The lowest BCUT2D eigenvalue weighted by Crippen LogP contribution is -2.70. The Morgan fingerprint density at radius 3 is 1.66 bits per heavy atom. The number of hydrogen-bond acceptors (Lipinski definition) is 20. The number of carbonyl (C=O) groups is 1. The van der Waals surface area contributed by atoms with Gasteiger partial charge in [-0.15, -0.1) is 0 Å². The monoisotopic (exact) mass is 691 g/mol. The van der Waals surface area contributed by atoms with E-state index in [1.807, 2.05) is 0 Å². The van der Waals surface area contributed by atoms with Crippen molar-refractivity contribution in [3.8, 4) is 0 Å². The molecule has 21 nitrogen and oxygen atoms in total. The quantitative estimate of drug-likeness (QED) is 0.101. The summed E-state index contributed by atoms with van der Waals surface area (Å²) in [6.45, 7) is -0.130. The van der Waals surface area contributed by atoms with E-state index in [9.17, 15) is 66.1 Å². The highest BCUT2D eigenvalue weighted by molar-refractivity contribution is 5.73. The van der Waals surface area contributed by atoms with Gasteiger partial charge in [0, 0.05) is 6.92 Å². The Balaban J connectivity index is 1.66. The highest BCUT2D eigenvalue weighted by Gasteiger charge is 2.55. The minimum Gasteiger partial charge on any atom is -0.394 e. The van der Waals surface area contributed by atoms with Crippen LogP contribution in [0.4, 0.5) is 0 Å². The van der Waals surface area contributed by atoms with E-state index >= 15 is 0 Å². The van der Waals surface area contributed by atoms with Gasteiger partial charge in [-0.1, -0.05) is 0 Å². The fourth-order valence-corrected chi connectivity index (χ4v) is 5.86. The van der Waals surface area contributed by atoms with Crippen LogP contribution < -0.4 is 5.32 Å². The third kappa shape index (κ3) is 8.04. The third-order valence-corrected chi connectivity index (χ3v) is 8.57. The number of hydrogen-bond donors (Lipinski definition) is 13. The Morgan fingerprint density at radius 1 is 0.553 bits per heavy atom. The maximum absolute atomic E-state index is 12.3. The second-order valence-electron chi connectivity index (χ2n) is 11.9. The average molecular weight is 692 g/mol. The molecule has 4 aliphatic rings. The molecule has 20 atom stereocenters. The summed E-state index contributed by atoms with van der Waals surface area (Å²) in [4.78, 5) is 12.3. The van der Waals surface area contributed by atoms with Gasteiger partial charge in [0.05, 0.1) is 25.9 Å². The van der Waals surface area contributed by atoms with Gasteiger partial charge in [0.15, 0.2) is 25.2 Å². The molecule has 0 aromatic carbocycles. The summed E-state index contributed by atoms with van der Waals surface area (Å²) >= 11 is 0. The topological polar surface area (TPSA) is 336 Å². The summed E-state index contributed by atoms with van der Waals surface area (Å²) in [5, 5.41) is 127. The molecule has 4 saturated heterocycles. The Morgan fingerprint density at radius 2 is 1.06 bits per heavy atom. The Hall–Kier alpha value is -1.29. The van der Waals surface area contributed by atoms with Crippen LogP contribution in [0.25, 0.3) is 0 Å². The van der Waals surface area contributed by atoms with Crippen molar-refractivity contribution in [2.75, 3.05) is 19.8 Å². The van der Waals surface area contributed by atoms with Crippen LogP contribution in [0.5, 0.6) is 0 Å². The first-order chi connectivity index (χ1) is 22.1. The van der Waals surface area contributed by atoms with Gasteiger partial charge < -0.3 is 99.8 Å². The van der Waals surface area contributed by atoms with E-state index in [0.717, 1.165) is 6.92 Å². The number of rotatable bonds is 10. The molecular weight excluding hydrogens is 646 g/mol. The molecule has 4 fully saturated rings. The highest BCUT2D eigenvalue weighted by Crippen LogP contribution is 2.34. The lowest BCUT2D eigenvalue weighted by molar-refractivity contribution is -0.385. The smallest absolute Gasteiger partial charge is 0.217 e. The van der Waals surface area contributed by atoms with Crippen LogP contribution in [0.1, 0.15) is 13.8 Å². The molecule has 0 aliphatic carbocycles. The normalized spacial score (nSPS) is 51.0. The van der Waals surface area contributed by atoms with Crippen LogP contribution >= 0.6 is 0 Å². The van der Waals surface area contributed by atoms with Gasteiger partial charge in [-0.25, -0.2) is 0 Å². The van der Waals surface area contributed by atoms with Crippen molar-refractivity contribution < 1.29 is 99.2 Å². The molecule has 0 spiro atoms. The van der Waals surface area contributed by atoms with E-state index in [2.05, 4.69) is 5.32 Å². The summed E-state index contributed by atoms with van der Waals surface area (Å²) in [7, 11) is 0. The van der Waals surface area contributed by atoms with Gasteiger partial charge in [0.1, 0.15) is 91.5 Å². The van der Waals surface area contributed by atoms with E-state index < -0.39 is 148 Å². The molecule has 47 heavy (non-hydrogen) atoms. The molecule has 0 saturated carbocycles. The van der Waals surface area contributed by atoms with Crippen molar-refractivity contribution in [3.63, 3.8) is 0 Å². The Bertz CT molecular complexity index is 1010. The van der Waals surface area contributed by atoms with Crippen LogP contribution in [0.2, 0.25) is 0 Å². The zero-order valence-corrected chi connectivity index (χ0v) is 25.3. The molecule has 0 aromatic heterocycles. The summed E-state index contributed by atoms with van der Waals surface area (Å²) in [6, 6.07) is -1.59. The molecule has 21 heteroatoms. The molecule has 0 unspecified atom stereocenters. The molecule has 0 aromatic rings. The maximum atomic E-state index is 12.3. The van der Waals surface area contributed by atoms with Gasteiger partial charge in [-0.3, -0.25) is 4.79 Å². The van der Waals surface area contributed by atoms with Crippen molar-refractivity contribution in [1.29, 1.82) is 0 Å². The van der Waals surface area contributed by atoms with E-state index in [4.69, 9.17) is 33.2 Å². The second kappa shape index (κ2) is 16.2. The number of aliphatic hydroxyl groups is 12. The molecule has 4 heterocycles. The first-order valence-corrected chi connectivity index (χ1v) is 15.0. The summed E-state index contributed by atoms with van der Waals surface area (Å²) in [5.74, 6) is -0.752. The predicted molar refractivity (Wildman–Crippen MR) is 144 cm³/mol. The van der Waals surface area contributed by atoms with E-state index in [1.54, 1.807) is 0 Å². The Kier molecular flexibility index (Phi) is 13.2. The van der Waals surface area contributed by atoms with E-state index in [1.165, 1.54) is 6.92 Å². The van der Waals surface area contributed by atoms with Gasteiger partial charge >= 0.3 is 0 Å². The van der Waals surface area contributed by atoms with Crippen LogP contribution in [0.3, 0.4) is 0 Å². The van der Waals surface area contributed by atoms with E-state index in [0.29, 0.717) is 0 Å². The van der Waals surface area contributed by atoms with Crippen molar-refractivity contribution >= 4 is 5.91 Å². The van der Waals surface area contributed by atoms with Crippen molar-refractivity contribution in [1.82, 2.24) is 5.32 Å². The lowest BCUT2D eigenvalue weighted by atomic mass is 9.94. The summed E-state index contributed by atoms with van der Waals surface area (Å²) < 4.78 is 39.1. The largest absolute Gasteiger partial charge is 0.394 e. The molecular formula is C26H45NO20. The third-order valence-electron chi connectivity index (χ3n) is 8.57. The van der Waals surface area contributed by atoms with Crippen LogP contribution in [-0.4, -0.2) is 210 Å². The highest BCUT2D eigenvalue weighted by atomic mass is 16.8. The van der Waals surface area contributed by atoms with Crippen LogP contribution in [-0.2, 0) is 38.0 Å². The van der Waals surface area contributed by atoms with Gasteiger partial charge in [0.25, 0.3) is 0 Å². The van der Waals surface area contributed by atoms with E-state index in [-0.39, 0.29) is 0 Å². The molecule has 0 bridgehead atoms. The number of amides is 1. The van der Waals surface area contributed by atoms with Crippen molar-refractivity contribution in [2.24, 2.45) is 0 Å². The van der Waals surface area contributed by atoms with Crippen molar-refractivity contribution in [2.45, 2.75) is 137 Å². The fraction of sp³-hybridized carbons (Fsp3) is 0.962. The number of aliphatic hydroxyl groups excluding tert-OH is 12. The van der Waals surface area contributed by atoms with Gasteiger partial charge in [-0.05, 0) is 6.92 Å². The molecule has 274 valence electrons. The van der Waals surface area contributed by atoms with Gasteiger partial charge in [0.2, 0.25) is 5.91 Å². The molecule has 1 amide bonds. The first-order valence-electron chi connectivity index (χ1n) is 15.0. The molecule has 13 N–H and O–H groups in total.